The molecule has 0 N–H and O–H groups in total. The van der Waals surface area contributed by atoms with Crippen molar-refractivity contribution in [2.75, 3.05) is 6.61 Å². The van der Waals surface area contributed by atoms with Crippen LogP contribution in [-0.4, -0.2) is 22.5 Å². The lowest BCUT2D eigenvalue weighted by molar-refractivity contribution is -0.136. The van der Waals surface area contributed by atoms with Crippen molar-refractivity contribution < 1.29 is 14.3 Å². The third kappa shape index (κ3) is 5.54. The third-order valence-corrected chi connectivity index (χ3v) is 5.27. The van der Waals surface area contributed by atoms with Crippen molar-refractivity contribution in [2.24, 2.45) is 11.3 Å². The van der Waals surface area contributed by atoms with Crippen molar-refractivity contribution in [2.45, 2.75) is 59.3 Å². The average Bonchev–Trinajstić information content (AvgIpc) is 3.34. The molecule has 1 fully saturated rings. The molecule has 1 saturated carbocycles. The van der Waals surface area contributed by atoms with E-state index in [4.69, 9.17) is 9.47 Å². The van der Waals surface area contributed by atoms with Gasteiger partial charge in [0.05, 0.1) is 24.9 Å². The first-order valence-electron chi connectivity index (χ1n) is 10.3. The molecule has 1 heterocycles. The maximum atomic E-state index is 12.1. The summed E-state index contributed by atoms with van der Waals surface area (Å²) in [7, 11) is 0. The van der Waals surface area contributed by atoms with Crippen LogP contribution in [0.3, 0.4) is 0 Å². The molecule has 5 nitrogen and oxygen atoms in total. The van der Waals surface area contributed by atoms with Crippen LogP contribution in [0.5, 0.6) is 11.5 Å². The first kappa shape index (κ1) is 20.3. The Labute approximate surface area is 167 Å². The van der Waals surface area contributed by atoms with E-state index >= 15 is 0 Å². The van der Waals surface area contributed by atoms with Crippen LogP contribution < -0.4 is 9.47 Å². The molecule has 150 valence electrons. The molecule has 1 aromatic heterocycles. The minimum absolute atomic E-state index is 0.0219. The fourth-order valence-electron chi connectivity index (χ4n) is 3.17. The van der Waals surface area contributed by atoms with Crippen molar-refractivity contribution >= 4 is 5.97 Å². The minimum Gasteiger partial charge on any atom is -0.494 e. The van der Waals surface area contributed by atoms with Gasteiger partial charge in [-0.25, -0.2) is 9.97 Å². The van der Waals surface area contributed by atoms with Crippen molar-refractivity contribution in [3.8, 4) is 22.9 Å². The van der Waals surface area contributed by atoms with E-state index in [1.165, 1.54) is 25.7 Å². The number of hydrogen-bond donors (Lipinski definition) is 0. The van der Waals surface area contributed by atoms with Gasteiger partial charge in [-0.3, -0.25) is 4.79 Å². The standard InChI is InChI=1S/C23H30N2O3/c1-4-5-6-7-8-13-27-18-11-9-17(10-12-18)21-24-15-19(16-25-21)28-22(26)20-14-23(20,2)3/h9-12,15-16,20H,4-8,13-14H2,1-3H3/t20-/m1/s1. The van der Waals surface area contributed by atoms with Crippen molar-refractivity contribution in [1.82, 2.24) is 9.97 Å². The molecule has 0 aliphatic heterocycles. The zero-order valence-corrected chi connectivity index (χ0v) is 17.1. The van der Waals surface area contributed by atoms with Gasteiger partial charge in [0, 0.05) is 5.56 Å². The zero-order chi connectivity index (χ0) is 20.0. The van der Waals surface area contributed by atoms with Crippen LogP contribution in [0.15, 0.2) is 36.7 Å². The highest BCUT2D eigenvalue weighted by atomic mass is 16.5. The molecule has 1 aliphatic rings. The van der Waals surface area contributed by atoms with E-state index in [9.17, 15) is 4.79 Å². The molecule has 0 amide bonds. The number of nitrogens with zero attached hydrogens (tertiary/aromatic N) is 2. The number of carbonyl (C=O) groups is 1. The van der Waals surface area contributed by atoms with Crippen molar-refractivity contribution in [3.63, 3.8) is 0 Å². The predicted octanol–water partition coefficient (Wildman–Crippen LogP) is 5.44. The number of benzene rings is 1. The van der Waals surface area contributed by atoms with Crippen LogP contribution >= 0.6 is 0 Å². The lowest BCUT2D eigenvalue weighted by Gasteiger charge is -2.08. The van der Waals surface area contributed by atoms with Gasteiger partial charge in [-0.05, 0) is 42.5 Å². The Morgan fingerprint density at radius 1 is 1.04 bits per heavy atom. The lowest BCUT2D eigenvalue weighted by atomic mass is 10.1. The van der Waals surface area contributed by atoms with E-state index in [2.05, 4.69) is 30.7 Å². The topological polar surface area (TPSA) is 61.3 Å². The molecule has 0 spiro atoms. The summed E-state index contributed by atoms with van der Waals surface area (Å²) < 4.78 is 11.2. The van der Waals surface area contributed by atoms with E-state index in [1.807, 2.05) is 24.3 Å². The highest BCUT2D eigenvalue weighted by molar-refractivity contribution is 5.78. The molecule has 1 aliphatic carbocycles. The SMILES string of the molecule is CCCCCCCOc1ccc(-c2ncc(OC(=O)[C@H]3CC3(C)C)cn2)cc1. The van der Waals surface area contributed by atoms with Crippen LogP contribution in [0.4, 0.5) is 0 Å². The van der Waals surface area contributed by atoms with Crippen LogP contribution in [0, 0.1) is 11.3 Å². The van der Waals surface area contributed by atoms with Gasteiger partial charge in [-0.1, -0.05) is 46.5 Å². The number of ether oxygens (including phenoxy) is 2. The molecule has 28 heavy (non-hydrogen) atoms. The van der Waals surface area contributed by atoms with Crippen LogP contribution in [0.2, 0.25) is 0 Å². The predicted molar refractivity (Wildman–Crippen MR) is 109 cm³/mol. The van der Waals surface area contributed by atoms with Gasteiger partial charge in [-0.15, -0.1) is 0 Å². The smallest absolute Gasteiger partial charge is 0.315 e. The third-order valence-electron chi connectivity index (χ3n) is 5.27. The summed E-state index contributed by atoms with van der Waals surface area (Å²) in [4.78, 5) is 20.7. The Balaban J connectivity index is 1.48. The fraction of sp³-hybridized carbons (Fsp3) is 0.522. The Morgan fingerprint density at radius 3 is 2.29 bits per heavy atom. The van der Waals surface area contributed by atoms with Gasteiger partial charge in [0.15, 0.2) is 11.6 Å². The molecule has 5 heteroatoms. The van der Waals surface area contributed by atoms with E-state index in [0.717, 1.165) is 30.8 Å². The number of hydrogen-bond acceptors (Lipinski definition) is 5. The Bertz CT molecular complexity index is 769. The van der Waals surface area contributed by atoms with Crippen LogP contribution in [-0.2, 0) is 4.79 Å². The van der Waals surface area contributed by atoms with Gasteiger partial charge in [0.25, 0.3) is 0 Å². The second-order valence-corrected chi connectivity index (χ2v) is 8.20. The molecule has 1 aromatic carbocycles. The molecule has 3 rings (SSSR count). The number of rotatable bonds is 10. The minimum atomic E-state index is -0.197. The maximum absolute atomic E-state index is 12.1. The average molecular weight is 383 g/mol. The quantitative estimate of drug-likeness (QED) is 0.404. The second-order valence-electron chi connectivity index (χ2n) is 8.20. The molecule has 0 saturated heterocycles. The lowest BCUT2D eigenvalue weighted by Crippen LogP contribution is -2.13. The van der Waals surface area contributed by atoms with E-state index in [1.54, 1.807) is 12.4 Å². The summed E-state index contributed by atoms with van der Waals surface area (Å²) in [6, 6.07) is 7.77. The van der Waals surface area contributed by atoms with E-state index in [0.29, 0.717) is 11.6 Å². The molecule has 0 bridgehead atoms. The molecule has 0 unspecified atom stereocenters. The van der Waals surface area contributed by atoms with E-state index < -0.39 is 0 Å². The van der Waals surface area contributed by atoms with Gasteiger partial charge in [-0.2, -0.15) is 0 Å². The maximum Gasteiger partial charge on any atom is 0.315 e. The first-order chi connectivity index (χ1) is 13.5. The number of esters is 1. The summed E-state index contributed by atoms with van der Waals surface area (Å²) in [6.45, 7) is 7.10. The summed E-state index contributed by atoms with van der Waals surface area (Å²) in [6.07, 6.45) is 10.1. The highest BCUT2D eigenvalue weighted by Crippen LogP contribution is 2.52. The fourth-order valence-corrected chi connectivity index (χ4v) is 3.17. The van der Waals surface area contributed by atoms with Gasteiger partial charge in [0.2, 0.25) is 0 Å². The normalized spacial score (nSPS) is 17.2. The van der Waals surface area contributed by atoms with Crippen LogP contribution in [0.1, 0.15) is 59.3 Å². The molecular formula is C23H30N2O3. The van der Waals surface area contributed by atoms with Gasteiger partial charge in [0.1, 0.15) is 5.75 Å². The van der Waals surface area contributed by atoms with Crippen molar-refractivity contribution in [1.29, 1.82) is 0 Å². The highest BCUT2D eigenvalue weighted by Gasteiger charge is 2.51. The number of aromatic nitrogens is 2. The molecule has 0 radical (unpaired) electrons. The summed E-state index contributed by atoms with van der Waals surface area (Å²) in [5, 5.41) is 0. The second kappa shape index (κ2) is 9.18. The van der Waals surface area contributed by atoms with Crippen molar-refractivity contribution in [3.05, 3.63) is 36.7 Å². The van der Waals surface area contributed by atoms with Gasteiger partial charge >= 0.3 is 5.97 Å². The Hall–Kier alpha value is -2.43. The molecule has 2 aromatic rings. The summed E-state index contributed by atoms with van der Waals surface area (Å²) >= 11 is 0. The Kier molecular flexibility index (Phi) is 6.65. The Morgan fingerprint density at radius 2 is 1.68 bits per heavy atom. The van der Waals surface area contributed by atoms with Crippen LogP contribution in [0.25, 0.3) is 11.4 Å². The van der Waals surface area contributed by atoms with E-state index in [-0.39, 0.29) is 17.3 Å². The molecule has 1 atom stereocenters. The van der Waals surface area contributed by atoms with Gasteiger partial charge < -0.3 is 9.47 Å². The monoisotopic (exact) mass is 382 g/mol. The first-order valence-corrected chi connectivity index (χ1v) is 10.3. The largest absolute Gasteiger partial charge is 0.494 e. The number of carbonyl (C=O) groups excluding carboxylic acids is 1. The number of unbranched alkanes of at least 4 members (excludes halogenated alkanes) is 4. The summed E-state index contributed by atoms with van der Waals surface area (Å²) in [5.41, 5.74) is 0.952. The zero-order valence-electron chi connectivity index (χ0n) is 17.1. The summed E-state index contributed by atoms with van der Waals surface area (Å²) in [5.74, 6) is 1.62. The molecular weight excluding hydrogens is 352 g/mol.